The Morgan fingerprint density at radius 3 is 1.90 bits per heavy atom. The Morgan fingerprint density at radius 1 is 1.30 bits per heavy atom. The Morgan fingerprint density at radius 2 is 1.80 bits per heavy atom. The fraction of sp³-hybridized carbons (Fsp3) is 0.714. The average molecular weight is 143 g/mol. The van der Waals surface area contributed by atoms with E-state index in [0.29, 0.717) is 6.54 Å². The number of nitrogens with zero attached hydrogens (tertiary/aromatic N) is 1. The number of amides is 1. The second-order valence-corrected chi connectivity index (χ2v) is 1.97. The number of carbonyl (C=O) groups is 2. The molecular weight excluding hydrogens is 130 g/mol. The number of likely N-dealkylation sites (N-methyl/N-ethyl adjacent to an activating group) is 1. The predicted molar refractivity (Wildman–Crippen MR) is 38.6 cm³/mol. The molecular formula is C7H13NO2. The van der Waals surface area contributed by atoms with Crippen molar-refractivity contribution in [1.29, 1.82) is 0 Å². The Hall–Kier alpha value is -0.860. The SMILES string of the molecule is CC.CN1CC(=O)CC1=O. The number of rotatable bonds is 0. The zero-order valence-electron chi connectivity index (χ0n) is 6.68. The Balaban J connectivity index is 0.000000371. The van der Waals surface area contributed by atoms with Gasteiger partial charge in [-0.3, -0.25) is 9.59 Å². The maximum atomic E-state index is 10.5. The van der Waals surface area contributed by atoms with E-state index >= 15 is 0 Å². The standard InChI is InChI=1S/C5H7NO2.C2H6/c1-6-3-4(7)2-5(6)8;1-2/h2-3H2,1H3;1-2H3. The Labute approximate surface area is 61.0 Å². The van der Waals surface area contributed by atoms with Crippen LogP contribution in [0, 0.1) is 0 Å². The monoisotopic (exact) mass is 143 g/mol. The molecule has 0 spiro atoms. The number of likely N-dealkylation sites (tertiary alicyclic amines) is 1. The van der Waals surface area contributed by atoms with E-state index in [0.717, 1.165) is 0 Å². The lowest BCUT2D eigenvalue weighted by molar-refractivity contribution is -0.126. The second-order valence-electron chi connectivity index (χ2n) is 1.97. The van der Waals surface area contributed by atoms with Crippen LogP contribution in [0.1, 0.15) is 20.3 Å². The van der Waals surface area contributed by atoms with Gasteiger partial charge in [-0.05, 0) is 0 Å². The van der Waals surface area contributed by atoms with E-state index in [2.05, 4.69) is 0 Å². The zero-order chi connectivity index (χ0) is 8.15. The molecule has 1 heterocycles. The van der Waals surface area contributed by atoms with Crippen molar-refractivity contribution >= 4 is 11.7 Å². The van der Waals surface area contributed by atoms with Gasteiger partial charge in [-0.2, -0.15) is 0 Å². The van der Waals surface area contributed by atoms with Crippen molar-refractivity contribution in [1.82, 2.24) is 4.90 Å². The summed E-state index contributed by atoms with van der Waals surface area (Å²) in [7, 11) is 1.63. The van der Waals surface area contributed by atoms with Crippen LogP contribution in [0.4, 0.5) is 0 Å². The molecule has 0 atom stereocenters. The number of hydrogen-bond acceptors (Lipinski definition) is 2. The van der Waals surface area contributed by atoms with Gasteiger partial charge in [0, 0.05) is 7.05 Å². The Bertz CT molecular complexity index is 143. The number of Topliss-reactive ketones (excluding diaryl/α,β-unsaturated/α-hetero) is 1. The van der Waals surface area contributed by atoms with Gasteiger partial charge in [0.15, 0.2) is 5.78 Å². The molecule has 1 saturated heterocycles. The van der Waals surface area contributed by atoms with Crippen molar-refractivity contribution < 1.29 is 9.59 Å². The minimum atomic E-state index is -0.0602. The minimum absolute atomic E-state index is 0.0255. The van der Waals surface area contributed by atoms with Crippen LogP contribution in [0.5, 0.6) is 0 Å². The average Bonchev–Trinajstić information content (AvgIpc) is 2.16. The van der Waals surface area contributed by atoms with Crippen LogP contribution >= 0.6 is 0 Å². The molecule has 0 aromatic rings. The predicted octanol–water partition coefficient (Wildman–Crippen LogP) is 0.444. The lowest BCUT2D eigenvalue weighted by Gasteiger charge is -2.01. The molecule has 0 aliphatic carbocycles. The van der Waals surface area contributed by atoms with Crippen LogP contribution in [-0.4, -0.2) is 30.2 Å². The molecule has 0 radical (unpaired) electrons. The molecule has 1 amide bonds. The molecule has 58 valence electrons. The van der Waals surface area contributed by atoms with Crippen molar-refractivity contribution in [2.24, 2.45) is 0 Å². The summed E-state index contributed by atoms with van der Waals surface area (Å²) in [5.74, 6) is -0.0347. The van der Waals surface area contributed by atoms with Crippen LogP contribution in [0.15, 0.2) is 0 Å². The summed E-state index contributed by atoms with van der Waals surface area (Å²) in [4.78, 5) is 22.3. The van der Waals surface area contributed by atoms with Crippen LogP contribution in [-0.2, 0) is 9.59 Å². The molecule has 0 aromatic heterocycles. The number of ketones is 1. The molecule has 1 aliphatic rings. The van der Waals surface area contributed by atoms with Gasteiger partial charge >= 0.3 is 0 Å². The lowest BCUT2D eigenvalue weighted by Crippen LogP contribution is -2.18. The van der Waals surface area contributed by atoms with Crippen LogP contribution in [0.3, 0.4) is 0 Å². The van der Waals surface area contributed by atoms with Gasteiger partial charge in [0.25, 0.3) is 0 Å². The highest BCUT2D eigenvalue weighted by Crippen LogP contribution is 2.01. The number of hydrogen-bond donors (Lipinski definition) is 0. The molecule has 1 rings (SSSR count). The third-order valence-corrected chi connectivity index (χ3v) is 1.19. The van der Waals surface area contributed by atoms with Gasteiger partial charge in [-0.25, -0.2) is 0 Å². The molecule has 0 N–H and O–H groups in total. The summed E-state index contributed by atoms with van der Waals surface area (Å²) >= 11 is 0. The van der Waals surface area contributed by atoms with Gasteiger partial charge in [0.1, 0.15) is 0 Å². The van der Waals surface area contributed by atoms with Gasteiger partial charge in [0.2, 0.25) is 5.91 Å². The van der Waals surface area contributed by atoms with E-state index in [1.807, 2.05) is 13.8 Å². The Kier molecular flexibility index (Phi) is 3.69. The van der Waals surface area contributed by atoms with Crippen molar-refractivity contribution in [2.45, 2.75) is 20.3 Å². The first-order valence-electron chi connectivity index (χ1n) is 3.46. The quantitative estimate of drug-likeness (QED) is 0.461. The number of carbonyl (C=O) groups excluding carboxylic acids is 2. The van der Waals surface area contributed by atoms with E-state index < -0.39 is 0 Å². The lowest BCUT2D eigenvalue weighted by atomic mass is 10.3. The molecule has 0 unspecified atom stereocenters. The topological polar surface area (TPSA) is 37.4 Å². The van der Waals surface area contributed by atoms with E-state index in [1.54, 1.807) is 7.05 Å². The molecule has 0 bridgehead atoms. The zero-order valence-corrected chi connectivity index (χ0v) is 6.68. The normalized spacial score (nSPS) is 16.9. The van der Waals surface area contributed by atoms with Gasteiger partial charge in [-0.15, -0.1) is 0 Å². The van der Waals surface area contributed by atoms with Crippen molar-refractivity contribution in [3.05, 3.63) is 0 Å². The fourth-order valence-electron chi connectivity index (χ4n) is 0.712. The molecule has 10 heavy (non-hydrogen) atoms. The van der Waals surface area contributed by atoms with Crippen LogP contribution in [0.25, 0.3) is 0 Å². The summed E-state index contributed by atoms with van der Waals surface area (Å²) in [6.45, 7) is 4.30. The summed E-state index contributed by atoms with van der Waals surface area (Å²) < 4.78 is 0. The van der Waals surface area contributed by atoms with Gasteiger partial charge in [-0.1, -0.05) is 13.8 Å². The minimum Gasteiger partial charge on any atom is -0.338 e. The molecule has 3 heteroatoms. The van der Waals surface area contributed by atoms with Gasteiger partial charge in [0.05, 0.1) is 13.0 Å². The van der Waals surface area contributed by atoms with Crippen LogP contribution in [0.2, 0.25) is 0 Å². The highest BCUT2D eigenvalue weighted by Gasteiger charge is 2.23. The van der Waals surface area contributed by atoms with E-state index in [4.69, 9.17) is 0 Å². The first-order valence-corrected chi connectivity index (χ1v) is 3.46. The van der Waals surface area contributed by atoms with Crippen LogP contribution < -0.4 is 0 Å². The van der Waals surface area contributed by atoms with E-state index in [1.165, 1.54) is 4.90 Å². The van der Waals surface area contributed by atoms with E-state index in [-0.39, 0.29) is 18.1 Å². The maximum Gasteiger partial charge on any atom is 0.230 e. The summed E-state index contributed by atoms with van der Waals surface area (Å²) in [6, 6.07) is 0. The molecule has 0 saturated carbocycles. The second kappa shape index (κ2) is 4.04. The largest absolute Gasteiger partial charge is 0.338 e. The van der Waals surface area contributed by atoms with E-state index in [9.17, 15) is 9.59 Å². The highest BCUT2D eigenvalue weighted by atomic mass is 16.2. The molecule has 1 fully saturated rings. The molecule has 3 nitrogen and oxygen atoms in total. The highest BCUT2D eigenvalue weighted by molar-refractivity contribution is 6.05. The summed E-state index contributed by atoms with van der Waals surface area (Å²) in [5.41, 5.74) is 0. The van der Waals surface area contributed by atoms with Crippen molar-refractivity contribution in [3.63, 3.8) is 0 Å². The third-order valence-electron chi connectivity index (χ3n) is 1.19. The third kappa shape index (κ3) is 2.17. The smallest absolute Gasteiger partial charge is 0.230 e. The first-order chi connectivity index (χ1) is 4.70. The summed E-state index contributed by atoms with van der Waals surface area (Å²) in [5, 5.41) is 0. The fourth-order valence-corrected chi connectivity index (χ4v) is 0.712. The van der Waals surface area contributed by atoms with Gasteiger partial charge < -0.3 is 4.90 Å². The van der Waals surface area contributed by atoms with Crippen molar-refractivity contribution in [2.75, 3.05) is 13.6 Å². The van der Waals surface area contributed by atoms with Crippen molar-refractivity contribution in [3.8, 4) is 0 Å². The molecule has 0 aromatic carbocycles. The maximum absolute atomic E-state index is 10.5. The molecule has 1 aliphatic heterocycles. The first kappa shape index (κ1) is 9.14. The summed E-state index contributed by atoms with van der Waals surface area (Å²) in [6.07, 6.45) is 0.108.